The van der Waals surface area contributed by atoms with Gasteiger partial charge in [-0.1, -0.05) is 36.2 Å². The lowest BCUT2D eigenvalue weighted by Gasteiger charge is -2.14. The van der Waals surface area contributed by atoms with E-state index < -0.39 is 6.03 Å². The zero-order valence-electron chi connectivity index (χ0n) is 16.3. The number of carbonyl (C=O) groups is 2. The van der Waals surface area contributed by atoms with Crippen molar-refractivity contribution in [2.45, 2.75) is 20.0 Å². The lowest BCUT2D eigenvalue weighted by Crippen LogP contribution is -2.31. The number of nitrogens with one attached hydrogen (secondary N) is 1. The van der Waals surface area contributed by atoms with Gasteiger partial charge in [0.2, 0.25) is 0 Å². The monoisotopic (exact) mass is 560 g/mol. The Morgan fingerprint density at radius 3 is 2.60 bits per heavy atom. The predicted molar refractivity (Wildman–Crippen MR) is 125 cm³/mol. The van der Waals surface area contributed by atoms with Gasteiger partial charge in [0.25, 0.3) is 5.91 Å². The number of nitrogens with zero attached hydrogens (tertiary/aromatic N) is 1. The largest absolute Gasteiger partial charge is 0.493 e. The van der Waals surface area contributed by atoms with Crippen molar-refractivity contribution in [3.05, 3.63) is 60.8 Å². The first-order valence-corrected chi connectivity index (χ1v) is 11.0. The summed E-state index contributed by atoms with van der Waals surface area (Å²) in [6.45, 7) is 2.57. The van der Waals surface area contributed by atoms with E-state index in [0.717, 1.165) is 9.13 Å². The minimum atomic E-state index is -0.406. The van der Waals surface area contributed by atoms with Crippen LogP contribution in [0.25, 0.3) is 6.08 Å². The molecule has 1 fully saturated rings. The number of rotatable bonds is 7. The molecule has 158 valence electrons. The van der Waals surface area contributed by atoms with Gasteiger partial charge in [-0.3, -0.25) is 9.69 Å². The summed E-state index contributed by atoms with van der Waals surface area (Å²) in [4.78, 5) is 25.6. The summed E-state index contributed by atoms with van der Waals surface area (Å²) in [6.07, 6.45) is 2.33. The number of carbonyl (C=O) groups excluding carboxylic acids is 2. The number of methoxy groups -OCH3 is 1. The maximum absolute atomic E-state index is 12.4. The fourth-order valence-electron chi connectivity index (χ4n) is 2.91. The molecule has 1 aliphatic heterocycles. The predicted octanol–water partition coefficient (Wildman–Crippen LogP) is 5.49. The first-order valence-electron chi connectivity index (χ1n) is 9.12. The number of imide groups is 1. The standard InChI is InChI=1S/C21H19Cl2IN2O4/c1-3-6-26-20(27)17(25-21(26)28)9-13-8-16(24)19(18(10-13)29-2)30-11-12-4-5-14(22)15(23)7-12/h4-5,7-10H,3,6,11H2,1-2H3,(H,25,28)/b17-9+. The molecule has 3 amide bonds. The molecule has 0 aliphatic carbocycles. The van der Waals surface area contributed by atoms with E-state index in [2.05, 4.69) is 27.9 Å². The van der Waals surface area contributed by atoms with Crippen molar-refractivity contribution in [3.63, 3.8) is 0 Å². The summed E-state index contributed by atoms with van der Waals surface area (Å²) in [5, 5.41) is 3.56. The van der Waals surface area contributed by atoms with Crippen LogP contribution in [0.1, 0.15) is 24.5 Å². The van der Waals surface area contributed by atoms with E-state index in [9.17, 15) is 9.59 Å². The third-order valence-electron chi connectivity index (χ3n) is 4.34. The van der Waals surface area contributed by atoms with Gasteiger partial charge >= 0.3 is 6.03 Å². The Hall–Kier alpha value is -1.97. The molecule has 30 heavy (non-hydrogen) atoms. The van der Waals surface area contributed by atoms with Crippen LogP contribution in [0.15, 0.2) is 36.0 Å². The van der Waals surface area contributed by atoms with Crippen molar-refractivity contribution in [2.75, 3.05) is 13.7 Å². The highest BCUT2D eigenvalue weighted by molar-refractivity contribution is 14.1. The second-order valence-corrected chi connectivity index (χ2v) is 8.49. The summed E-state index contributed by atoms with van der Waals surface area (Å²) in [5.74, 6) is 0.743. The molecule has 6 nitrogen and oxygen atoms in total. The summed E-state index contributed by atoms with van der Waals surface area (Å²) in [5.41, 5.74) is 1.81. The second-order valence-electron chi connectivity index (χ2n) is 6.52. The molecule has 0 saturated carbocycles. The molecule has 2 aromatic rings. The smallest absolute Gasteiger partial charge is 0.329 e. The Kier molecular flexibility index (Phi) is 7.49. The van der Waals surface area contributed by atoms with Gasteiger partial charge in [0.1, 0.15) is 12.3 Å². The van der Waals surface area contributed by atoms with Crippen LogP contribution in [-0.2, 0) is 11.4 Å². The van der Waals surface area contributed by atoms with E-state index in [1.54, 1.807) is 31.4 Å². The zero-order valence-corrected chi connectivity index (χ0v) is 20.0. The molecule has 0 aromatic heterocycles. The van der Waals surface area contributed by atoms with Crippen LogP contribution in [0.2, 0.25) is 10.0 Å². The summed E-state index contributed by atoms with van der Waals surface area (Å²) in [6, 6.07) is 8.50. The van der Waals surface area contributed by atoms with Gasteiger partial charge in [-0.05, 0) is 70.5 Å². The third-order valence-corrected chi connectivity index (χ3v) is 5.88. The van der Waals surface area contributed by atoms with Crippen molar-refractivity contribution < 1.29 is 19.1 Å². The average molecular weight is 561 g/mol. The third kappa shape index (κ3) is 5.01. The maximum Gasteiger partial charge on any atom is 0.329 e. The molecular weight excluding hydrogens is 542 g/mol. The topological polar surface area (TPSA) is 67.9 Å². The van der Waals surface area contributed by atoms with Crippen molar-refractivity contribution in [3.8, 4) is 11.5 Å². The van der Waals surface area contributed by atoms with Crippen LogP contribution in [0, 0.1) is 3.57 Å². The highest BCUT2D eigenvalue weighted by Gasteiger charge is 2.32. The van der Waals surface area contributed by atoms with Crippen molar-refractivity contribution in [2.24, 2.45) is 0 Å². The number of ether oxygens (including phenoxy) is 2. The lowest BCUT2D eigenvalue weighted by molar-refractivity contribution is -0.122. The molecule has 0 spiro atoms. The fourth-order valence-corrected chi connectivity index (χ4v) is 4.01. The molecule has 1 saturated heterocycles. The molecular formula is C21H19Cl2IN2O4. The minimum Gasteiger partial charge on any atom is -0.493 e. The van der Waals surface area contributed by atoms with E-state index in [4.69, 9.17) is 32.7 Å². The molecule has 0 radical (unpaired) electrons. The van der Waals surface area contributed by atoms with Gasteiger partial charge in [0, 0.05) is 6.54 Å². The summed E-state index contributed by atoms with van der Waals surface area (Å²) >= 11 is 14.1. The van der Waals surface area contributed by atoms with Crippen LogP contribution in [0.5, 0.6) is 11.5 Å². The number of urea groups is 1. The Morgan fingerprint density at radius 1 is 1.17 bits per heavy atom. The van der Waals surface area contributed by atoms with Crippen LogP contribution < -0.4 is 14.8 Å². The quantitative estimate of drug-likeness (QED) is 0.276. The van der Waals surface area contributed by atoms with E-state index >= 15 is 0 Å². The molecule has 1 N–H and O–H groups in total. The highest BCUT2D eigenvalue weighted by Crippen LogP contribution is 2.35. The number of amides is 3. The summed E-state index contributed by atoms with van der Waals surface area (Å²) < 4.78 is 12.2. The van der Waals surface area contributed by atoms with Crippen LogP contribution >= 0.6 is 45.8 Å². The first-order chi connectivity index (χ1) is 14.3. The van der Waals surface area contributed by atoms with Gasteiger partial charge in [0.05, 0.1) is 20.7 Å². The van der Waals surface area contributed by atoms with Crippen molar-refractivity contribution in [1.29, 1.82) is 0 Å². The zero-order chi connectivity index (χ0) is 21.8. The van der Waals surface area contributed by atoms with Gasteiger partial charge in [0.15, 0.2) is 11.5 Å². The number of hydrogen-bond donors (Lipinski definition) is 1. The van der Waals surface area contributed by atoms with E-state index in [-0.39, 0.29) is 18.2 Å². The molecule has 1 aliphatic rings. The Morgan fingerprint density at radius 2 is 1.93 bits per heavy atom. The van der Waals surface area contributed by atoms with Gasteiger partial charge in [-0.15, -0.1) is 0 Å². The lowest BCUT2D eigenvalue weighted by atomic mass is 10.1. The molecule has 3 rings (SSSR count). The molecule has 1 heterocycles. The van der Waals surface area contributed by atoms with E-state index in [1.807, 2.05) is 19.1 Å². The molecule has 0 bridgehead atoms. The molecule has 0 atom stereocenters. The molecule has 9 heteroatoms. The van der Waals surface area contributed by atoms with Gasteiger partial charge in [-0.2, -0.15) is 0 Å². The number of benzene rings is 2. The number of hydrogen-bond acceptors (Lipinski definition) is 4. The molecule has 0 unspecified atom stereocenters. The van der Waals surface area contributed by atoms with Crippen LogP contribution in [0.3, 0.4) is 0 Å². The Bertz CT molecular complexity index is 1030. The minimum absolute atomic E-state index is 0.232. The van der Waals surface area contributed by atoms with Crippen LogP contribution in [0.4, 0.5) is 4.79 Å². The highest BCUT2D eigenvalue weighted by atomic mass is 127. The fraction of sp³-hybridized carbons (Fsp3) is 0.238. The number of halogens is 3. The van der Waals surface area contributed by atoms with Crippen molar-refractivity contribution in [1.82, 2.24) is 10.2 Å². The molecule has 2 aromatic carbocycles. The average Bonchev–Trinajstić information content (AvgIpc) is 2.97. The maximum atomic E-state index is 12.4. The van der Waals surface area contributed by atoms with Gasteiger partial charge < -0.3 is 14.8 Å². The normalized spacial score (nSPS) is 15.0. The van der Waals surface area contributed by atoms with Crippen LogP contribution in [-0.4, -0.2) is 30.5 Å². The van der Waals surface area contributed by atoms with Gasteiger partial charge in [-0.25, -0.2) is 4.79 Å². The van der Waals surface area contributed by atoms with E-state index in [1.165, 1.54) is 4.90 Å². The Labute approximate surface area is 198 Å². The second kappa shape index (κ2) is 9.89. The van der Waals surface area contributed by atoms with Crippen molar-refractivity contribution >= 4 is 63.8 Å². The van der Waals surface area contributed by atoms with E-state index in [0.29, 0.717) is 40.1 Å². The Balaban J connectivity index is 1.83. The SMILES string of the molecule is CCCN1C(=O)N/C(=C/c2cc(I)c(OCc3ccc(Cl)c(Cl)c3)c(OC)c2)C1=O. The first kappa shape index (κ1) is 22.7. The summed E-state index contributed by atoms with van der Waals surface area (Å²) in [7, 11) is 1.54.